The van der Waals surface area contributed by atoms with Crippen molar-refractivity contribution in [2.45, 2.75) is 13.3 Å². The van der Waals surface area contributed by atoms with E-state index in [0.717, 1.165) is 17.7 Å². The Balaban J connectivity index is 1.55. The van der Waals surface area contributed by atoms with Gasteiger partial charge in [-0.05, 0) is 54.5 Å². The summed E-state index contributed by atoms with van der Waals surface area (Å²) < 4.78 is 11.5. The van der Waals surface area contributed by atoms with Crippen molar-refractivity contribution in [3.8, 4) is 11.5 Å². The zero-order chi connectivity index (χ0) is 20.5. The molecule has 0 atom stereocenters. The number of benzene rings is 3. The van der Waals surface area contributed by atoms with Gasteiger partial charge in [0, 0.05) is 12.1 Å². The molecule has 0 aliphatic rings. The molecule has 148 valence electrons. The van der Waals surface area contributed by atoms with Crippen molar-refractivity contribution < 1.29 is 14.3 Å². The summed E-state index contributed by atoms with van der Waals surface area (Å²) in [6.45, 7) is 6.68. The van der Waals surface area contributed by atoms with Gasteiger partial charge in [-0.3, -0.25) is 4.79 Å². The minimum atomic E-state index is -0.222. The van der Waals surface area contributed by atoms with Crippen molar-refractivity contribution in [2.75, 3.05) is 18.5 Å². The highest BCUT2D eigenvalue weighted by molar-refractivity contribution is 6.06. The molecule has 1 amide bonds. The summed E-state index contributed by atoms with van der Waals surface area (Å²) in [5.41, 5.74) is 3.31. The summed E-state index contributed by atoms with van der Waals surface area (Å²) in [6, 6.07) is 24.7. The zero-order valence-electron chi connectivity index (χ0n) is 16.6. The highest BCUT2D eigenvalue weighted by Crippen LogP contribution is 2.21. The smallest absolute Gasteiger partial charge is 0.259 e. The Labute approximate surface area is 171 Å². The first-order valence-corrected chi connectivity index (χ1v) is 9.56. The van der Waals surface area contributed by atoms with Crippen LogP contribution in [-0.4, -0.2) is 19.1 Å². The summed E-state index contributed by atoms with van der Waals surface area (Å²) in [7, 11) is 0. The summed E-state index contributed by atoms with van der Waals surface area (Å²) in [6.07, 6.45) is 0.848. The van der Waals surface area contributed by atoms with Crippen LogP contribution in [0.2, 0.25) is 0 Å². The van der Waals surface area contributed by atoms with Gasteiger partial charge in [-0.1, -0.05) is 49.0 Å². The van der Waals surface area contributed by atoms with Gasteiger partial charge in [0.25, 0.3) is 5.91 Å². The highest BCUT2D eigenvalue weighted by atomic mass is 16.5. The van der Waals surface area contributed by atoms with E-state index in [1.165, 1.54) is 5.56 Å². The van der Waals surface area contributed by atoms with Crippen molar-refractivity contribution in [1.29, 1.82) is 0 Å². The molecular formula is C25H25NO3. The molecule has 4 heteroatoms. The Morgan fingerprint density at radius 1 is 0.897 bits per heavy atom. The second-order valence-corrected chi connectivity index (χ2v) is 6.80. The average Bonchev–Trinajstić information content (AvgIpc) is 2.74. The van der Waals surface area contributed by atoms with Crippen LogP contribution in [-0.2, 0) is 6.42 Å². The van der Waals surface area contributed by atoms with Crippen LogP contribution in [0.25, 0.3) is 0 Å². The summed E-state index contributed by atoms with van der Waals surface area (Å²) in [4.78, 5) is 12.6. The van der Waals surface area contributed by atoms with Crippen molar-refractivity contribution >= 4 is 11.6 Å². The van der Waals surface area contributed by atoms with Gasteiger partial charge >= 0.3 is 0 Å². The fourth-order valence-corrected chi connectivity index (χ4v) is 2.75. The van der Waals surface area contributed by atoms with Gasteiger partial charge < -0.3 is 14.8 Å². The van der Waals surface area contributed by atoms with Crippen molar-refractivity contribution in [3.05, 3.63) is 102 Å². The first kappa shape index (κ1) is 20.2. The van der Waals surface area contributed by atoms with E-state index in [1.807, 2.05) is 61.5 Å². The predicted octanol–water partition coefficient (Wildman–Crippen LogP) is 5.52. The van der Waals surface area contributed by atoms with E-state index in [0.29, 0.717) is 30.2 Å². The third-order valence-corrected chi connectivity index (χ3v) is 4.22. The summed E-state index contributed by atoms with van der Waals surface area (Å²) in [5, 5.41) is 2.90. The van der Waals surface area contributed by atoms with Gasteiger partial charge in [-0.15, -0.1) is 0 Å². The van der Waals surface area contributed by atoms with Crippen LogP contribution >= 0.6 is 0 Å². The van der Waals surface area contributed by atoms with Gasteiger partial charge in [0.15, 0.2) is 0 Å². The second kappa shape index (κ2) is 10.1. The molecule has 0 saturated carbocycles. The molecule has 0 saturated heterocycles. The van der Waals surface area contributed by atoms with Crippen molar-refractivity contribution in [3.63, 3.8) is 0 Å². The van der Waals surface area contributed by atoms with Gasteiger partial charge in [-0.2, -0.15) is 0 Å². The van der Waals surface area contributed by atoms with Gasteiger partial charge in [-0.25, -0.2) is 0 Å². The number of hydrogen-bond acceptors (Lipinski definition) is 3. The maximum atomic E-state index is 12.6. The lowest BCUT2D eigenvalue weighted by Crippen LogP contribution is -2.14. The second-order valence-electron chi connectivity index (χ2n) is 6.80. The third-order valence-electron chi connectivity index (χ3n) is 4.22. The number of anilines is 1. The van der Waals surface area contributed by atoms with Crippen LogP contribution in [0, 0.1) is 0 Å². The van der Waals surface area contributed by atoms with Crippen LogP contribution in [0.5, 0.6) is 11.5 Å². The molecule has 0 fully saturated rings. The third kappa shape index (κ3) is 6.25. The number of carbonyl (C=O) groups is 1. The minimum Gasteiger partial charge on any atom is -0.493 e. The highest BCUT2D eigenvalue weighted by Gasteiger charge is 2.12. The molecule has 3 rings (SSSR count). The fraction of sp³-hybridized carbons (Fsp3) is 0.160. The van der Waals surface area contributed by atoms with Crippen LogP contribution in [0.15, 0.2) is 91.0 Å². The molecule has 4 nitrogen and oxygen atoms in total. The topological polar surface area (TPSA) is 47.6 Å². The molecule has 0 heterocycles. The lowest BCUT2D eigenvalue weighted by Gasteiger charge is -2.12. The van der Waals surface area contributed by atoms with E-state index in [2.05, 4.69) is 24.0 Å². The molecule has 0 radical (unpaired) electrons. The molecule has 29 heavy (non-hydrogen) atoms. The molecule has 0 aliphatic heterocycles. The maximum Gasteiger partial charge on any atom is 0.259 e. The van der Waals surface area contributed by atoms with Gasteiger partial charge in [0.2, 0.25) is 0 Å². The van der Waals surface area contributed by atoms with Crippen molar-refractivity contribution in [1.82, 2.24) is 0 Å². The molecule has 0 aromatic heterocycles. The molecule has 3 aromatic rings. The number of nitrogens with one attached hydrogen (secondary N) is 1. The zero-order valence-corrected chi connectivity index (χ0v) is 16.6. The number of amides is 1. The van der Waals surface area contributed by atoms with Gasteiger partial charge in [0.05, 0.1) is 12.2 Å². The lowest BCUT2D eigenvalue weighted by molar-refractivity contribution is 0.102. The molecule has 3 aromatic carbocycles. The molecule has 0 unspecified atom stereocenters. The Hall–Kier alpha value is -3.53. The first-order chi connectivity index (χ1) is 14.1. The van der Waals surface area contributed by atoms with Crippen LogP contribution in [0.3, 0.4) is 0 Å². The number of para-hydroxylation sites is 1. The lowest BCUT2D eigenvalue weighted by atomic mass is 10.1. The normalized spacial score (nSPS) is 10.2. The van der Waals surface area contributed by atoms with Crippen LogP contribution in [0.1, 0.15) is 22.8 Å². The van der Waals surface area contributed by atoms with E-state index in [1.54, 1.807) is 12.1 Å². The monoisotopic (exact) mass is 387 g/mol. The maximum absolute atomic E-state index is 12.6. The molecule has 0 aliphatic carbocycles. The average molecular weight is 387 g/mol. The predicted molar refractivity (Wildman–Crippen MR) is 117 cm³/mol. The fourth-order valence-electron chi connectivity index (χ4n) is 2.75. The number of hydrogen-bond donors (Lipinski definition) is 1. The molecule has 0 spiro atoms. The largest absolute Gasteiger partial charge is 0.493 e. The minimum absolute atomic E-state index is 0.222. The van der Waals surface area contributed by atoms with Crippen LogP contribution < -0.4 is 14.8 Å². The van der Waals surface area contributed by atoms with E-state index in [4.69, 9.17) is 9.47 Å². The molecule has 0 bridgehead atoms. The SMILES string of the molecule is C=C(C)COc1ccccc1C(=O)Nc1ccc(OCCc2ccccc2)cc1. The Bertz CT molecular complexity index is 949. The quantitative estimate of drug-likeness (QED) is 0.492. The Morgan fingerprint density at radius 3 is 2.31 bits per heavy atom. The molecular weight excluding hydrogens is 362 g/mol. The number of rotatable bonds is 9. The van der Waals surface area contributed by atoms with Gasteiger partial charge in [0.1, 0.15) is 18.1 Å². The number of carbonyl (C=O) groups excluding carboxylic acids is 1. The summed E-state index contributed by atoms with van der Waals surface area (Å²) >= 11 is 0. The van der Waals surface area contributed by atoms with E-state index < -0.39 is 0 Å². The van der Waals surface area contributed by atoms with Crippen molar-refractivity contribution in [2.24, 2.45) is 0 Å². The van der Waals surface area contributed by atoms with E-state index in [-0.39, 0.29) is 5.91 Å². The standard InChI is InChI=1S/C25H25NO3/c1-19(2)18-29-24-11-7-6-10-23(24)25(27)26-21-12-14-22(15-13-21)28-17-16-20-8-4-3-5-9-20/h3-15H,1,16-18H2,2H3,(H,26,27). The number of ether oxygens (including phenoxy) is 2. The Morgan fingerprint density at radius 2 is 1.59 bits per heavy atom. The van der Waals surface area contributed by atoms with E-state index >= 15 is 0 Å². The van der Waals surface area contributed by atoms with Crippen LogP contribution in [0.4, 0.5) is 5.69 Å². The van der Waals surface area contributed by atoms with E-state index in [9.17, 15) is 4.79 Å². The molecule has 1 N–H and O–H groups in total. The Kier molecular flexibility index (Phi) is 7.06. The first-order valence-electron chi connectivity index (χ1n) is 9.56. The summed E-state index contributed by atoms with van der Waals surface area (Å²) in [5.74, 6) is 1.08.